The van der Waals surface area contributed by atoms with Crippen LogP contribution in [0.1, 0.15) is 27.7 Å². The first-order valence-electron chi connectivity index (χ1n) is 7.47. The van der Waals surface area contributed by atoms with Gasteiger partial charge in [0.25, 0.3) is 5.56 Å². The highest BCUT2D eigenvalue weighted by Gasteiger charge is 2.16. The maximum absolute atomic E-state index is 11.8. The number of H-pyrrole nitrogens is 1. The van der Waals surface area contributed by atoms with Gasteiger partial charge in [0, 0.05) is 6.07 Å². The number of nitrogen functional groups attached to an aromatic ring is 1. The van der Waals surface area contributed by atoms with Crippen molar-refractivity contribution in [3.8, 4) is 0 Å². The number of ether oxygens (including phenoxy) is 2. The van der Waals surface area contributed by atoms with E-state index in [2.05, 4.69) is 9.97 Å². The fourth-order valence-corrected chi connectivity index (χ4v) is 2.28. The van der Waals surface area contributed by atoms with Crippen molar-refractivity contribution in [1.29, 1.82) is 0 Å². The molecule has 0 saturated carbocycles. The minimum atomic E-state index is -0.284. The molecule has 0 saturated heterocycles. The Kier molecular flexibility index (Phi) is 5.20. The highest BCUT2D eigenvalue weighted by molar-refractivity contribution is 5.76. The third-order valence-electron chi connectivity index (χ3n) is 3.12. The van der Waals surface area contributed by atoms with Crippen LogP contribution >= 0.6 is 0 Å². The molecule has 0 aliphatic rings. The van der Waals surface area contributed by atoms with Gasteiger partial charge in [0.15, 0.2) is 5.52 Å². The fourth-order valence-electron chi connectivity index (χ4n) is 2.28. The van der Waals surface area contributed by atoms with E-state index in [4.69, 9.17) is 15.2 Å². The number of hydrogen-bond donors (Lipinski definition) is 2. The third-order valence-corrected chi connectivity index (χ3v) is 3.12. The Morgan fingerprint density at radius 3 is 2.68 bits per heavy atom. The SMILES string of the molecule is CC(C)OCC(Cn1cnc2c(=O)[nH]c(N)cc21)OC(C)C. The normalized spacial score (nSPS) is 13.4. The van der Waals surface area contributed by atoms with E-state index < -0.39 is 0 Å². The predicted molar refractivity (Wildman–Crippen MR) is 85.9 cm³/mol. The molecule has 2 aromatic heterocycles. The molecule has 0 fully saturated rings. The van der Waals surface area contributed by atoms with Gasteiger partial charge in [-0.3, -0.25) is 4.79 Å². The Balaban J connectivity index is 2.23. The molecule has 0 radical (unpaired) electrons. The maximum Gasteiger partial charge on any atom is 0.277 e. The van der Waals surface area contributed by atoms with Gasteiger partial charge in [-0.15, -0.1) is 0 Å². The van der Waals surface area contributed by atoms with Crippen LogP contribution in [0.5, 0.6) is 0 Å². The number of nitrogens with zero attached hydrogens (tertiary/aromatic N) is 2. The van der Waals surface area contributed by atoms with Gasteiger partial charge in [-0.2, -0.15) is 0 Å². The van der Waals surface area contributed by atoms with E-state index in [9.17, 15) is 4.79 Å². The van der Waals surface area contributed by atoms with Crippen molar-refractivity contribution in [3.05, 3.63) is 22.7 Å². The second kappa shape index (κ2) is 6.93. The molecule has 0 aliphatic carbocycles. The molecule has 2 rings (SSSR count). The maximum atomic E-state index is 11.8. The Labute approximate surface area is 129 Å². The minimum absolute atomic E-state index is 0.0871. The lowest BCUT2D eigenvalue weighted by Crippen LogP contribution is -2.29. The Morgan fingerprint density at radius 1 is 1.32 bits per heavy atom. The van der Waals surface area contributed by atoms with E-state index in [-0.39, 0.29) is 23.9 Å². The number of aromatic amines is 1. The number of hydrogen-bond acceptors (Lipinski definition) is 5. The molecule has 7 heteroatoms. The number of rotatable bonds is 7. The highest BCUT2D eigenvalue weighted by atomic mass is 16.5. The average Bonchev–Trinajstić information content (AvgIpc) is 2.78. The van der Waals surface area contributed by atoms with E-state index in [0.717, 1.165) is 0 Å². The largest absolute Gasteiger partial charge is 0.385 e. The van der Waals surface area contributed by atoms with Gasteiger partial charge < -0.3 is 24.8 Å². The van der Waals surface area contributed by atoms with Crippen LogP contribution in [0.4, 0.5) is 5.82 Å². The van der Waals surface area contributed by atoms with E-state index in [1.165, 1.54) is 0 Å². The van der Waals surface area contributed by atoms with Crippen LogP contribution in [0.3, 0.4) is 0 Å². The van der Waals surface area contributed by atoms with Crippen LogP contribution in [-0.2, 0) is 16.0 Å². The summed E-state index contributed by atoms with van der Waals surface area (Å²) < 4.78 is 13.4. The topological polar surface area (TPSA) is 95.2 Å². The lowest BCUT2D eigenvalue weighted by molar-refractivity contribution is -0.0644. The first-order valence-corrected chi connectivity index (χ1v) is 7.47. The van der Waals surface area contributed by atoms with Gasteiger partial charge in [0.2, 0.25) is 0 Å². The molecular formula is C15H24N4O3. The van der Waals surface area contributed by atoms with Crippen molar-refractivity contribution in [2.75, 3.05) is 12.3 Å². The average molecular weight is 308 g/mol. The standard InChI is InChI=1S/C15H24N4O3/c1-9(2)21-7-11(22-10(3)4)6-19-8-17-14-12(19)5-13(16)18-15(14)20/h5,8-11H,6-7H2,1-4H3,(H3,16,18,20). The van der Waals surface area contributed by atoms with Gasteiger partial charge in [-0.1, -0.05) is 0 Å². The van der Waals surface area contributed by atoms with Crippen LogP contribution in [0.15, 0.2) is 17.2 Å². The van der Waals surface area contributed by atoms with Crippen molar-refractivity contribution in [2.24, 2.45) is 0 Å². The lowest BCUT2D eigenvalue weighted by Gasteiger charge is -2.22. The van der Waals surface area contributed by atoms with Gasteiger partial charge in [0.05, 0.1) is 43.3 Å². The molecule has 0 amide bonds. The van der Waals surface area contributed by atoms with Gasteiger partial charge in [0.1, 0.15) is 5.82 Å². The first-order chi connectivity index (χ1) is 10.4. The number of anilines is 1. The molecule has 0 bridgehead atoms. The third kappa shape index (κ3) is 4.08. The molecule has 1 atom stereocenters. The summed E-state index contributed by atoms with van der Waals surface area (Å²) in [6.07, 6.45) is 1.73. The molecule has 0 aromatic carbocycles. The zero-order valence-corrected chi connectivity index (χ0v) is 13.5. The lowest BCUT2D eigenvalue weighted by atomic mass is 10.3. The number of fused-ring (bicyclic) bond motifs is 1. The van der Waals surface area contributed by atoms with E-state index in [1.54, 1.807) is 12.4 Å². The Bertz CT molecular complexity index is 675. The second-order valence-corrected chi connectivity index (χ2v) is 5.87. The van der Waals surface area contributed by atoms with Gasteiger partial charge in [-0.05, 0) is 27.7 Å². The summed E-state index contributed by atoms with van der Waals surface area (Å²) in [4.78, 5) is 18.5. The number of nitrogens with one attached hydrogen (secondary N) is 1. The van der Waals surface area contributed by atoms with Crippen molar-refractivity contribution < 1.29 is 9.47 Å². The molecule has 3 N–H and O–H groups in total. The van der Waals surface area contributed by atoms with Crippen LogP contribution in [0.25, 0.3) is 11.0 Å². The summed E-state index contributed by atoms with van der Waals surface area (Å²) in [6, 6.07) is 1.71. The van der Waals surface area contributed by atoms with E-state index >= 15 is 0 Å². The number of pyridine rings is 1. The van der Waals surface area contributed by atoms with Crippen LogP contribution in [0, 0.1) is 0 Å². The summed E-state index contributed by atoms with van der Waals surface area (Å²) in [5.41, 5.74) is 6.50. The van der Waals surface area contributed by atoms with E-state index in [1.807, 2.05) is 32.3 Å². The molecule has 0 spiro atoms. The van der Waals surface area contributed by atoms with Gasteiger partial charge in [-0.25, -0.2) is 4.98 Å². The van der Waals surface area contributed by atoms with Crippen LogP contribution in [-0.4, -0.2) is 39.5 Å². The summed E-state index contributed by atoms with van der Waals surface area (Å²) in [5, 5.41) is 0. The molecule has 1 unspecified atom stereocenters. The fraction of sp³-hybridized carbons (Fsp3) is 0.600. The molecule has 122 valence electrons. The number of imidazole rings is 1. The Morgan fingerprint density at radius 2 is 2.05 bits per heavy atom. The van der Waals surface area contributed by atoms with Crippen LogP contribution < -0.4 is 11.3 Å². The monoisotopic (exact) mass is 308 g/mol. The van der Waals surface area contributed by atoms with Crippen molar-refractivity contribution in [1.82, 2.24) is 14.5 Å². The summed E-state index contributed by atoms with van der Waals surface area (Å²) in [6.45, 7) is 8.96. The first kappa shape index (κ1) is 16.5. The number of aromatic nitrogens is 3. The quantitative estimate of drug-likeness (QED) is 0.808. The predicted octanol–water partition coefficient (Wildman–Crippen LogP) is 1.53. The molecule has 0 aliphatic heterocycles. The minimum Gasteiger partial charge on any atom is -0.385 e. The molecule has 22 heavy (non-hydrogen) atoms. The summed E-state index contributed by atoms with van der Waals surface area (Å²) >= 11 is 0. The van der Waals surface area contributed by atoms with Crippen LogP contribution in [0.2, 0.25) is 0 Å². The van der Waals surface area contributed by atoms with Crippen molar-refractivity contribution in [3.63, 3.8) is 0 Å². The zero-order chi connectivity index (χ0) is 16.3. The Hall–Kier alpha value is -1.86. The molecule has 2 aromatic rings. The smallest absolute Gasteiger partial charge is 0.277 e. The van der Waals surface area contributed by atoms with E-state index in [0.29, 0.717) is 30.0 Å². The summed E-state index contributed by atoms with van der Waals surface area (Å²) in [7, 11) is 0. The molecule has 7 nitrogen and oxygen atoms in total. The van der Waals surface area contributed by atoms with Gasteiger partial charge >= 0.3 is 0 Å². The highest BCUT2D eigenvalue weighted by Crippen LogP contribution is 2.13. The zero-order valence-electron chi connectivity index (χ0n) is 13.5. The molecular weight excluding hydrogens is 284 g/mol. The summed E-state index contributed by atoms with van der Waals surface area (Å²) in [5.74, 6) is 0.319. The van der Waals surface area contributed by atoms with Crippen molar-refractivity contribution >= 4 is 16.9 Å². The second-order valence-electron chi connectivity index (χ2n) is 5.87. The molecule has 2 heterocycles. The number of nitrogens with two attached hydrogens (primary N) is 1. The van der Waals surface area contributed by atoms with Crippen molar-refractivity contribution in [2.45, 2.75) is 52.6 Å².